The van der Waals surface area contributed by atoms with Gasteiger partial charge < -0.3 is 9.64 Å². The summed E-state index contributed by atoms with van der Waals surface area (Å²) in [5.41, 5.74) is 0.549. The summed E-state index contributed by atoms with van der Waals surface area (Å²) in [5.74, 6) is 0. The molecule has 0 aliphatic rings. The van der Waals surface area contributed by atoms with Crippen molar-refractivity contribution in [2.75, 3.05) is 19.1 Å². The number of aromatic nitrogens is 2. The SMILES string of the molecule is COC(C)c1nc(CN(C)c2nc3cc(C(F)(F)F)ccc3s2)cs1. The molecule has 0 aliphatic carbocycles. The van der Waals surface area contributed by atoms with Gasteiger partial charge in [-0.25, -0.2) is 9.97 Å². The van der Waals surface area contributed by atoms with Crippen LogP contribution in [-0.2, 0) is 17.5 Å². The highest BCUT2D eigenvalue weighted by atomic mass is 32.1. The van der Waals surface area contributed by atoms with E-state index in [-0.39, 0.29) is 6.10 Å². The number of alkyl halides is 3. The van der Waals surface area contributed by atoms with E-state index in [2.05, 4.69) is 9.97 Å². The summed E-state index contributed by atoms with van der Waals surface area (Å²) >= 11 is 2.88. The van der Waals surface area contributed by atoms with Gasteiger partial charge in [-0.15, -0.1) is 11.3 Å². The van der Waals surface area contributed by atoms with Gasteiger partial charge in [-0.3, -0.25) is 0 Å². The first-order chi connectivity index (χ1) is 11.8. The van der Waals surface area contributed by atoms with Crippen LogP contribution in [0.2, 0.25) is 0 Å². The highest BCUT2D eigenvalue weighted by Gasteiger charge is 2.30. The molecule has 0 saturated heterocycles. The van der Waals surface area contributed by atoms with E-state index in [4.69, 9.17) is 4.74 Å². The Morgan fingerprint density at radius 3 is 2.72 bits per heavy atom. The Balaban J connectivity index is 1.80. The Hall–Kier alpha value is -1.71. The zero-order valence-corrected chi connectivity index (χ0v) is 15.4. The summed E-state index contributed by atoms with van der Waals surface area (Å²) in [6.45, 7) is 2.46. The molecule has 0 N–H and O–H groups in total. The minimum atomic E-state index is -4.36. The van der Waals surface area contributed by atoms with E-state index in [0.717, 1.165) is 27.5 Å². The molecule has 1 aromatic carbocycles. The molecule has 0 aliphatic heterocycles. The Kier molecular flexibility index (Phi) is 4.99. The summed E-state index contributed by atoms with van der Waals surface area (Å²) in [6, 6.07) is 3.64. The number of ether oxygens (including phenoxy) is 1. The van der Waals surface area contributed by atoms with Crippen LogP contribution in [0.5, 0.6) is 0 Å². The molecule has 9 heteroatoms. The Morgan fingerprint density at radius 1 is 1.28 bits per heavy atom. The van der Waals surface area contributed by atoms with Crippen molar-refractivity contribution in [1.82, 2.24) is 9.97 Å². The second-order valence-electron chi connectivity index (χ2n) is 5.59. The average molecular weight is 387 g/mol. The van der Waals surface area contributed by atoms with Crippen LogP contribution >= 0.6 is 22.7 Å². The first kappa shape index (κ1) is 18.1. The molecule has 0 radical (unpaired) electrons. The number of fused-ring (bicyclic) bond motifs is 1. The highest BCUT2D eigenvalue weighted by Crippen LogP contribution is 2.35. The van der Waals surface area contributed by atoms with Crippen LogP contribution < -0.4 is 4.90 Å². The third-order valence-corrected chi connectivity index (χ3v) is 5.91. The number of benzene rings is 1. The van der Waals surface area contributed by atoms with E-state index in [0.29, 0.717) is 17.2 Å². The van der Waals surface area contributed by atoms with Crippen molar-refractivity contribution in [3.05, 3.63) is 39.8 Å². The van der Waals surface area contributed by atoms with E-state index >= 15 is 0 Å². The number of methoxy groups -OCH3 is 1. The van der Waals surface area contributed by atoms with Gasteiger partial charge in [0.1, 0.15) is 11.1 Å². The third kappa shape index (κ3) is 3.94. The molecule has 4 nitrogen and oxygen atoms in total. The molecule has 2 aromatic heterocycles. The predicted molar refractivity (Wildman–Crippen MR) is 94.3 cm³/mol. The van der Waals surface area contributed by atoms with Gasteiger partial charge in [-0.05, 0) is 25.1 Å². The number of hydrogen-bond acceptors (Lipinski definition) is 6. The van der Waals surface area contributed by atoms with Crippen LogP contribution in [0.15, 0.2) is 23.6 Å². The minimum absolute atomic E-state index is 0.0627. The van der Waals surface area contributed by atoms with Crippen LogP contribution in [-0.4, -0.2) is 24.1 Å². The largest absolute Gasteiger partial charge is 0.416 e. The molecule has 0 bridgehead atoms. The fourth-order valence-electron chi connectivity index (χ4n) is 2.25. The third-order valence-electron chi connectivity index (χ3n) is 3.70. The summed E-state index contributed by atoms with van der Waals surface area (Å²) in [7, 11) is 3.48. The van der Waals surface area contributed by atoms with Crippen molar-refractivity contribution in [3.8, 4) is 0 Å². The predicted octanol–water partition coefficient (Wildman–Crippen LogP) is 5.12. The number of hydrogen-bond donors (Lipinski definition) is 0. The Bertz CT molecular complexity index is 875. The van der Waals surface area contributed by atoms with Crippen LogP contribution in [0.4, 0.5) is 18.3 Å². The van der Waals surface area contributed by atoms with Gasteiger partial charge in [0.25, 0.3) is 0 Å². The van der Waals surface area contributed by atoms with Gasteiger partial charge in [0.2, 0.25) is 0 Å². The molecule has 134 valence electrons. The summed E-state index contributed by atoms with van der Waals surface area (Å²) in [4.78, 5) is 10.7. The zero-order valence-electron chi connectivity index (χ0n) is 13.8. The summed E-state index contributed by atoms with van der Waals surface area (Å²) < 4.78 is 44.4. The maximum absolute atomic E-state index is 12.8. The molecule has 3 rings (SSSR count). The van der Waals surface area contributed by atoms with Crippen LogP contribution in [0.3, 0.4) is 0 Å². The van der Waals surface area contributed by atoms with E-state index in [9.17, 15) is 13.2 Å². The smallest absolute Gasteiger partial charge is 0.375 e. The van der Waals surface area contributed by atoms with Crippen LogP contribution in [0.25, 0.3) is 10.2 Å². The second-order valence-corrected chi connectivity index (χ2v) is 7.49. The topological polar surface area (TPSA) is 38.2 Å². The van der Waals surface area contributed by atoms with Crippen LogP contribution in [0, 0.1) is 0 Å². The molecule has 1 unspecified atom stereocenters. The Labute approximate surface area is 150 Å². The van der Waals surface area contributed by atoms with Crippen LogP contribution in [0.1, 0.15) is 29.3 Å². The van der Waals surface area contributed by atoms with E-state index in [1.165, 1.54) is 28.7 Å². The number of halogens is 3. The lowest BCUT2D eigenvalue weighted by atomic mass is 10.2. The first-order valence-electron chi connectivity index (χ1n) is 7.44. The molecule has 0 spiro atoms. The number of rotatable bonds is 5. The molecular weight excluding hydrogens is 371 g/mol. The second kappa shape index (κ2) is 6.89. The van der Waals surface area contributed by atoms with E-state index < -0.39 is 11.7 Å². The lowest BCUT2D eigenvalue weighted by Gasteiger charge is -2.13. The first-order valence-corrected chi connectivity index (χ1v) is 9.13. The summed E-state index contributed by atoms with van der Waals surface area (Å²) in [5, 5.41) is 3.50. The fourth-order valence-corrected chi connectivity index (χ4v) is 4.00. The lowest BCUT2D eigenvalue weighted by molar-refractivity contribution is -0.137. The van der Waals surface area contributed by atoms with Gasteiger partial charge in [-0.2, -0.15) is 13.2 Å². The van der Waals surface area contributed by atoms with Crippen molar-refractivity contribution in [1.29, 1.82) is 0 Å². The normalized spacial score (nSPS) is 13.4. The maximum Gasteiger partial charge on any atom is 0.416 e. The molecule has 1 atom stereocenters. The Morgan fingerprint density at radius 2 is 2.04 bits per heavy atom. The van der Waals surface area contributed by atoms with Gasteiger partial charge in [-0.1, -0.05) is 11.3 Å². The average Bonchev–Trinajstić information content (AvgIpc) is 3.18. The number of thiazole rings is 2. The van der Waals surface area contributed by atoms with E-state index in [1.54, 1.807) is 7.11 Å². The molecule has 25 heavy (non-hydrogen) atoms. The van der Waals surface area contributed by atoms with Crippen molar-refractivity contribution in [2.24, 2.45) is 0 Å². The molecule has 2 heterocycles. The van der Waals surface area contributed by atoms with Gasteiger partial charge >= 0.3 is 6.18 Å². The van der Waals surface area contributed by atoms with Crippen molar-refractivity contribution < 1.29 is 17.9 Å². The lowest BCUT2D eigenvalue weighted by Crippen LogP contribution is -2.16. The standard InChI is InChI=1S/C16H16F3N3OS2/c1-9(23-3)14-20-11(8-24-14)7-22(2)15-21-12-6-10(16(17,18)19)4-5-13(12)25-15/h4-6,8-9H,7H2,1-3H3. The van der Waals surface area contributed by atoms with Gasteiger partial charge in [0, 0.05) is 19.5 Å². The van der Waals surface area contributed by atoms with Crippen molar-refractivity contribution in [3.63, 3.8) is 0 Å². The van der Waals surface area contributed by atoms with Crippen molar-refractivity contribution in [2.45, 2.75) is 25.7 Å². The molecule has 0 amide bonds. The van der Waals surface area contributed by atoms with Gasteiger partial charge in [0.05, 0.1) is 28.0 Å². The highest BCUT2D eigenvalue weighted by molar-refractivity contribution is 7.22. The monoisotopic (exact) mass is 387 g/mol. The molecular formula is C16H16F3N3OS2. The zero-order chi connectivity index (χ0) is 18.2. The fraction of sp³-hybridized carbons (Fsp3) is 0.375. The molecule has 0 fully saturated rings. The quantitative estimate of drug-likeness (QED) is 0.609. The van der Waals surface area contributed by atoms with E-state index in [1.807, 2.05) is 24.3 Å². The minimum Gasteiger partial charge on any atom is -0.375 e. The molecule has 3 aromatic rings. The van der Waals surface area contributed by atoms with Gasteiger partial charge in [0.15, 0.2) is 5.13 Å². The molecule has 0 saturated carbocycles. The maximum atomic E-state index is 12.8. The number of nitrogens with zero attached hydrogens (tertiary/aromatic N) is 3. The van der Waals surface area contributed by atoms with Crippen molar-refractivity contribution >= 4 is 38.0 Å². The number of anilines is 1. The summed E-state index contributed by atoms with van der Waals surface area (Å²) in [6.07, 6.45) is -4.42.